The molecule has 2 N–H and O–H groups in total. The van der Waals surface area contributed by atoms with E-state index in [-0.39, 0.29) is 12.4 Å². The van der Waals surface area contributed by atoms with Crippen molar-refractivity contribution in [1.29, 1.82) is 5.26 Å². The van der Waals surface area contributed by atoms with Crippen molar-refractivity contribution in [3.63, 3.8) is 0 Å². The van der Waals surface area contributed by atoms with Crippen LogP contribution in [0.4, 0.5) is 11.4 Å². The summed E-state index contributed by atoms with van der Waals surface area (Å²) in [6, 6.07) is 13.8. The van der Waals surface area contributed by atoms with Crippen molar-refractivity contribution in [2.24, 2.45) is 0 Å². The predicted molar refractivity (Wildman–Crippen MR) is 90.0 cm³/mol. The fraction of sp³-hybridized carbons (Fsp3) is 0.0588. The van der Waals surface area contributed by atoms with Gasteiger partial charge in [0.15, 0.2) is 11.5 Å². The Morgan fingerprint density at radius 3 is 2.79 bits per heavy atom. The van der Waals surface area contributed by atoms with Crippen LogP contribution in [-0.2, 0) is 4.79 Å². The number of rotatable bonds is 4. The lowest BCUT2D eigenvalue weighted by molar-refractivity contribution is -0.112. The molecule has 1 aliphatic rings. The Bertz CT molecular complexity index is 858. The summed E-state index contributed by atoms with van der Waals surface area (Å²) in [7, 11) is 0. The molecule has 0 radical (unpaired) electrons. The number of fused-ring (bicyclic) bond motifs is 1. The van der Waals surface area contributed by atoms with E-state index in [1.807, 2.05) is 6.07 Å². The second-order valence-corrected chi connectivity index (χ2v) is 5.28. The molecule has 24 heavy (non-hydrogen) atoms. The smallest absolute Gasteiger partial charge is 0.267 e. The second kappa shape index (κ2) is 6.94. The molecule has 0 spiro atoms. The van der Waals surface area contributed by atoms with Gasteiger partial charge in [0.25, 0.3) is 5.91 Å². The summed E-state index contributed by atoms with van der Waals surface area (Å²) in [5.74, 6) is 0.729. The molecule has 2 aromatic carbocycles. The predicted octanol–water partition coefficient (Wildman–Crippen LogP) is 3.53. The van der Waals surface area contributed by atoms with Gasteiger partial charge >= 0.3 is 0 Å². The van der Waals surface area contributed by atoms with Crippen LogP contribution in [0.1, 0.15) is 0 Å². The van der Waals surface area contributed by atoms with E-state index >= 15 is 0 Å². The maximum absolute atomic E-state index is 12.1. The number of nitriles is 1. The van der Waals surface area contributed by atoms with Crippen LogP contribution in [-0.4, -0.2) is 12.7 Å². The number of nitrogens with one attached hydrogen (secondary N) is 2. The van der Waals surface area contributed by atoms with Crippen molar-refractivity contribution >= 4 is 28.9 Å². The molecule has 120 valence electrons. The third kappa shape index (κ3) is 3.59. The summed E-state index contributed by atoms with van der Waals surface area (Å²) in [6.07, 6.45) is 1.33. The summed E-state index contributed by atoms with van der Waals surface area (Å²) in [6.45, 7) is 0.181. The van der Waals surface area contributed by atoms with Crippen molar-refractivity contribution in [2.75, 3.05) is 17.4 Å². The van der Waals surface area contributed by atoms with E-state index in [1.54, 1.807) is 42.5 Å². The van der Waals surface area contributed by atoms with E-state index in [2.05, 4.69) is 10.6 Å². The minimum absolute atomic E-state index is 0.0763. The van der Waals surface area contributed by atoms with Gasteiger partial charge in [-0.05, 0) is 30.3 Å². The summed E-state index contributed by atoms with van der Waals surface area (Å²) < 4.78 is 10.5. The maximum atomic E-state index is 12.1. The molecule has 7 heteroatoms. The Hall–Kier alpha value is -3.17. The Labute approximate surface area is 143 Å². The average Bonchev–Trinajstić information content (AvgIpc) is 3.03. The SMILES string of the molecule is N#C/C(=C/Nc1ccc2c(c1)OCO2)C(=O)Nc1cccc(Cl)c1. The molecule has 1 aliphatic heterocycles. The summed E-state index contributed by atoms with van der Waals surface area (Å²) in [5, 5.41) is 15.2. The van der Waals surface area contributed by atoms with Gasteiger partial charge < -0.3 is 20.1 Å². The third-order valence-electron chi connectivity index (χ3n) is 3.20. The number of carbonyl (C=O) groups is 1. The molecule has 0 aliphatic carbocycles. The van der Waals surface area contributed by atoms with Gasteiger partial charge in [0.1, 0.15) is 11.6 Å². The first-order valence-corrected chi connectivity index (χ1v) is 7.37. The first-order chi connectivity index (χ1) is 11.7. The van der Waals surface area contributed by atoms with Crippen LogP contribution in [0.15, 0.2) is 54.2 Å². The molecule has 0 atom stereocenters. The molecule has 6 nitrogen and oxygen atoms in total. The minimum Gasteiger partial charge on any atom is -0.454 e. The van der Waals surface area contributed by atoms with E-state index < -0.39 is 5.91 Å². The molecule has 3 rings (SSSR count). The molecular weight excluding hydrogens is 330 g/mol. The van der Waals surface area contributed by atoms with Gasteiger partial charge in [-0.1, -0.05) is 17.7 Å². The van der Waals surface area contributed by atoms with Crippen LogP contribution in [0, 0.1) is 11.3 Å². The van der Waals surface area contributed by atoms with E-state index in [1.165, 1.54) is 6.20 Å². The molecule has 0 bridgehead atoms. The van der Waals surface area contributed by atoms with E-state index in [9.17, 15) is 10.1 Å². The Balaban J connectivity index is 1.70. The van der Waals surface area contributed by atoms with Crippen molar-refractivity contribution in [3.8, 4) is 17.6 Å². The molecule has 0 saturated carbocycles. The summed E-state index contributed by atoms with van der Waals surface area (Å²) in [4.78, 5) is 12.1. The molecule has 1 amide bonds. The Morgan fingerprint density at radius 2 is 2.00 bits per heavy atom. The number of carbonyl (C=O) groups excluding carboxylic acids is 1. The van der Waals surface area contributed by atoms with Gasteiger partial charge in [0, 0.05) is 28.7 Å². The molecule has 0 fully saturated rings. The molecule has 0 aromatic heterocycles. The Kier molecular flexibility index (Phi) is 4.54. The van der Waals surface area contributed by atoms with Crippen molar-refractivity contribution in [1.82, 2.24) is 0 Å². The zero-order valence-electron chi connectivity index (χ0n) is 12.4. The van der Waals surface area contributed by atoms with Crippen LogP contribution in [0.25, 0.3) is 0 Å². The minimum atomic E-state index is -0.534. The highest BCUT2D eigenvalue weighted by Crippen LogP contribution is 2.34. The average molecular weight is 342 g/mol. The lowest BCUT2D eigenvalue weighted by Crippen LogP contribution is -2.14. The number of amides is 1. The topological polar surface area (TPSA) is 83.4 Å². The molecular formula is C17H12ClN3O3. The zero-order chi connectivity index (χ0) is 16.9. The number of benzene rings is 2. The first kappa shape index (κ1) is 15.7. The van der Waals surface area contributed by atoms with Crippen LogP contribution in [0.5, 0.6) is 11.5 Å². The van der Waals surface area contributed by atoms with E-state index in [4.69, 9.17) is 21.1 Å². The molecule has 1 heterocycles. The number of hydrogen-bond acceptors (Lipinski definition) is 5. The van der Waals surface area contributed by atoms with Crippen LogP contribution >= 0.6 is 11.6 Å². The summed E-state index contributed by atoms with van der Waals surface area (Å²) in [5.41, 5.74) is 1.10. The molecule has 0 unspecified atom stereocenters. The number of anilines is 2. The van der Waals surface area contributed by atoms with Gasteiger partial charge in [-0.15, -0.1) is 0 Å². The highest BCUT2D eigenvalue weighted by Gasteiger charge is 2.13. The lowest BCUT2D eigenvalue weighted by atomic mass is 10.2. The highest BCUT2D eigenvalue weighted by atomic mass is 35.5. The van der Waals surface area contributed by atoms with Crippen LogP contribution in [0.2, 0.25) is 5.02 Å². The zero-order valence-corrected chi connectivity index (χ0v) is 13.1. The van der Waals surface area contributed by atoms with Gasteiger partial charge in [-0.2, -0.15) is 5.26 Å². The van der Waals surface area contributed by atoms with Gasteiger partial charge in [-0.25, -0.2) is 0 Å². The summed E-state index contributed by atoms with van der Waals surface area (Å²) >= 11 is 5.86. The van der Waals surface area contributed by atoms with Crippen LogP contribution < -0.4 is 20.1 Å². The number of hydrogen-bond donors (Lipinski definition) is 2. The fourth-order valence-corrected chi connectivity index (χ4v) is 2.25. The normalized spacial score (nSPS) is 12.4. The van der Waals surface area contributed by atoms with E-state index in [0.29, 0.717) is 27.9 Å². The molecule has 0 saturated heterocycles. The largest absolute Gasteiger partial charge is 0.454 e. The number of ether oxygens (including phenoxy) is 2. The third-order valence-corrected chi connectivity index (χ3v) is 3.44. The van der Waals surface area contributed by atoms with Crippen LogP contribution in [0.3, 0.4) is 0 Å². The van der Waals surface area contributed by atoms with Crippen molar-refractivity contribution in [2.45, 2.75) is 0 Å². The lowest BCUT2D eigenvalue weighted by Gasteiger charge is -2.06. The van der Waals surface area contributed by atoms with Gasteiger partial charge in [0.05, 0.1) is 0 Å². The standard InChI is InChI=1S/C17H12ClN3O3/c18-12-2-1-3-14(6-12)21-17(22)11(8-19)9-20-13-4-5-15-16(7-13)24-10-23-15/h1-7,9,20H,10H2,(H,21,22)/b11-9-. The van der Waals surface area contributed by atoms with Gasteiger partial charge in [-0.3, -0.25) is 4.79 Å². The number of nitrogens with zero attached hydrogens (tertiary/aromatic N) is 1. The Morgan fingerprint density at radius 1 is 1.17 bits per heavy atom. The van der Waals surface area contributed by atoms with E-state index in [0.717, 1.165) is 0 Å². The quantitative estimate of drug-likeness (QED) is 0.656. The fourth-order valence-electron chi connectivity index (χ4n) is 2.06. The van der Waals surface area contributed by atoms with Crippen molar-refractivity contribution in [3.05, 3.63) is 59.3 Å². The monoisotopic (exact) mass is 341 g/mol. The second-order valence-electron chi connectivity index (χ2n) is 4.85. The maximum Gasteiger partial charge on any atom is 0.267 e. The van der Waals surface area contributed by atoms with Gasteiger partial charge in [0.2, 0.25) is 6.79 Å². The molecule has 2 aromatic rings. The van der Waals surface area contributed by atoms with Crippen molar-refractivity contribution < 1.29 is 14.3 Å². The first-order valence-electron chi connectivity index (χ1n) is 6.99. The highest BCUT2D eigenvalue weighted by molar-refractivity contribution is 6.31. The number of halogens is 1.